The molecule has 11 heteroatoms. The molecule has 0 saturated carbocycles. The van der Waals surface area contributed by atoms with E-state index in [0.29, 0.717) is 23.9 Å². The number of quaternary nitrogens is 1. The molecule has 0 saturated heterocycles. The molecule has 0 fully saturated rings. The molecule has 236 valence electrons. The fourth-order valence-electron chi connectivity index (χ4n) is 3.85. The van der Waals surface area contributed by atoms with Gasteiger partial charge in [-0.15, -0.1) is 0 Å². The lowest BCUT2D eigenvalue weighted by Gasteiger charge is -2.24. The molecule has 0 amide bonds. The molecule has 0 aromatic carbocycles. The number of rotatable bonds is 27. The van der Waals surface area contributed by atoms with Crippen molar-refractivity contribution in [3.8, 4) is 0 Å². The van der Waals surface area contributed by atoms with Crippen LogP contribution in [0.15, 0.2) is 0 Å². The first kappa shape index (κ1) is 38.7. The van der Waals surface area contributed by atoms with Gasteiger partial charge in [0.15, 0.2) is 6.10 Å². The molecule has 0 aromatic rings. The highest BCUT2D eigenvalue weighted by Gasteiger charge is 2.28. The van der Waals surface area contributed by atoms with Gasteiger partial charge < -0.3 is 18.9 Å². The molecular weight excluding hydrogens is 537 g/mol. The number of Topliss-reactive ketones (excluding diaryl/α,β-unsaturated/α-hetero) is 1. The van der Waals surface area contributed by atoms with Crippen molar-refractivity contribution in [2.24, 2.45) is 0 Å². The summed E-state index contributed by atoms with van der Waals surface area (Å²) in [6.07, 6.45) is 15.1. The van der Waals surface area contributed by atoms with Crippen LogP contribution in [-0.2, 0) is 37.5 Å². The van der Waals surface area contributed by atoms with Gasteiger partial charge in [0.25, 0.3) is 0 Å². The zero-order valence-corrected chi connectivity index (χ0v) is 26.7. The van der Waals surface area contributed by atoms with Crippen molar-refractivity contribution in [3.05, 3.63) is 0 Å². The van der Waals surface area contributed by atoms with Crippen molar-refractivity contribution in [3.63, 3.8) is 0 Å². The number of hydrogen-bond acceptors (Lipinski definition) is 8. The normalized spacial score (nSPS) is 13.9. The van der Waals surface area contributed by atoms with Crippen LogP contribution in [0.2, 0.25) is 0 Å². The fourth-order valence-corrected chi connectivity index (χ4v) is 4.59. The Morgan fingerprint density at radius 3 is 1.75 bits per heavy atom. The van der Waals surface area contributed by atoms with E-state index in [-0.39, 0.29) is 26.1 Å². The summed E-state index contributed by atoms with van der Waals surface area (Å²) >= 11 is 0. The third kappa shape index (κ3) is 24.5. The molecule has 0 aromatic heterocycles. The third-order valence-electron chi connectivity index (χ3n) is 6.33. The highest BCUT2D eigenvalue weighted by molar-refractivity contribution is 7.47. The first-order valence-electron chi connectivity index (χ1n) is 15.2. The number of phosphoric ester groups is 1. The SMILES string of the molecule is CCCCCCCCCCCCCCCC(=O)OC[C@H](COP(=O)(O)OCC[N+](C)(C)C)OC(=O)C(=O)CCC. The average Bonchev–Trinajstić information content (AvgIpc) is 2.87. The monoisotopic (exact) mass is 594 g/mol. The quantitative estimate of drug-likeness (QED) is 0.0393. The standard InChI is InChI=1S/C29H56NO9P/c1-6-8-9-10-11-12-13-14-15-16-17-18-19-21-28(32)36-24-26(39-29(33)27(31)20-7-2)25-38-40(34,35)37-23-22-30(3,4)5/h26H,6-25H2,1-5H3/p+1/t26-/m1/s1. The Morgan fingerprint density at radius 2 is 1.25 bits per heavy atom. The number of ether oxygens (including phenoxy) is 2. The molecule has 0 bridgehead atoms. The van der Waals surface area contributed by atoms with Gasteiger partial charge in [-0.3, -0.25) is 18.6 Å². The Balaban J connectivity index is 4.33. The molecule has 40 heavy (non-hydrogen) atoms. The van der Waals surface area contributed by atoms with Crippen LogP contribution in [0.3, 0.4) is 0 Å². The van der Waals surface area contributed by atoms with Gasteiger partial charge in [-0.2, -0.15) is 0 Å². The molecule has 2 atom stereocenters. The van der Waals surface area contributed by atoms with Gasteiger partial charge in [0.2, 0.25) is 5.78 Å². The highest BCUT2D eigenvalue weighted by atomic mass is 31.2. The van der Waals surface area contributed by atoms with Crippen molar-refractivity contribution in [2.75, 3.05) is 47.5 Å². The number of carbonyl (C=O) groups excluding carboxylic acids is 3. The van der Waals surface area contributed by atoms with Gasteiger partial charge >= 0.3 is 19.8 Å². The molecule has 0 aliphatic heterocycles. The van der Waals surface area contributed by atoms with Crippen molar-refractivity contribution in [2.45, 2.75) is 123 Å². The summed E-state index contributed by atoms with van der Waals surface area (Å²) in [7, 11) is 1.28. The van der Waals surface area contributed by atoms with E-state index in [1.807, 2.05) is 21.1 Å². The van der Waals surface area contributed by atoms with E-state index in [4.69, 9.17) is 18.5 Å². The van der Waals surface area contributed by atoms with Crippen LogP contribution in [0.4, 0.5) is 0 Å². The zero-order chi connectivity index (χ0) is 30.3. The summed E-state index contributed by atoms with van der Waals surface area (Å²) in [5.41, 5.74) is 0. The van der Waals surface area contributed by atoms with Crippen LogP contribution in [-0.4, -0.2) is 80.7 Å². The first-order chi connectivity index (χ1) is 18.9. The summed E-state index contributed by atoms with van der Waals surface area (Å²) in [6, 6.07) is 0. The van der Waals surface area contributed by atoms with E-state index < -0.39 is 38.3 Å². The number of unbranched alkanes of at least 4 members (excludes halogenated alkanes) is 12. The molecule has 0 radical (unpaired) electrons. The van der Waals surface area contributed by atoms with Crippen LogP contribution in [0.5, 0.6) is 0 Å². The Hall–Kier alpha value is -1.32. The average molecular weight is 595 g/mol. The molecule has 0 aliphatic rings. The summed E-state index contributed by atoms with van der Waals surface area (Å²) < 4.78 is 33.0. The Morgan fingerprint density at radius 1 is 0.725 bits per heavy atom. The van der Waals surface area contributed by atoms with Crippen molar-refractivity contribution in [1.29, 1.82) is 0 Å². The molecule has 1 unspecified atom stereocenters. The van der Waals surface area contributed by atoms with Crippen molar-refractivity contribution < 1.29 is 46.8 Å². The van der Waals surface area contributed by atoms with E-state index in [2.05, 4.69) is 6.92 Å². The topological polar surface area (TPSA) is 125 Å². The van der Waals surface area contributed by atoms with Gasteiger partial charge in [-0.05, 0) is 12.8 Å². The van der Waals surface area contributed by atoms with Gasteiger partial charge in [-0.25, -0.2) is 9.36 Å². The van der Waals surface area contributed by atoms with Crippen LogP contribution < -0.4 is 0 Å². The smallest absolute Gasteiger partial charge is 0.462 e. The van der Waals surface area contributed by atoms with Crippen LogP contribution in [0.25, 0.3) is 0 Å². The Bertz CT molecular complexity index is 740. The van der Waals surface area contributed by atoms with Crippen molar-refractivity contribution in [1.82, 2.24) is 0 Å². The second kappa shape index (κ2) is 23.3. The summed E-state index contributed by atoms with van der Waals surface area (Å²) in [5.74, 6) is -2.28. The van der Waals surface area contributed by atoms with Gasteiger partial charge in [0, 0.05) is 12.8 Å². The molecule has 0 spiro atoms. The second-order valence-corrected chi connectivity index (χ2v) is 12.9. The number of ketones is 1. The largest absolute Gasteiger partial charge is 0.472 e. The van der Waals surface area contributed by atoms with E-state index in [9.17, 15) is 23.8 Å². The lowest BCUT2D eigenvalue weighted by atomic mass is 10.0. The van der Waals surface area contributed by atoms with E-state index in [0.717, 1.165) is 19.3 Å². The van der Waals surface area contributed by atoms with Crippen molar-refractivity contribution >= 4 is 25.5 Å². The molecule has 1 N–H and O–H groups in total. The van der Waals surface area contributed by atoms with Crippen LogP contribution in [0.1, 0.15) is 117 Å². The fraction of sp³-hybridized carbons (Fsp3) is 0.897. The molecular formula is C29H57NO9P+. The number of esters is 2. The summed E-state index contributed by atoms with van der Waals surface area (Å²) in [4.78, 5) is 46.1. The molecule has 0 aliphatic carbocycles. The maximum atomic E-state index is 12.2. The Labute approximate surface area is 242 Å². The molecule has 0 rings (SSSR count). The number of carbonyl (C=O) groups is 3. The van der Waals surface area contributed by atoms with Gasteiger partial charge in [0.1, 0.15) is 19.8 Å². The predicted octanol–water partition coefficient (Wildman–Crippen LogP) is 6.13. The first-order valence-corrected chi connectivity index (χ1v) is 16.7. The zero-order valence-electron chi connectivity index (χ0n) is 25.8. The lowest BCUT2D eigenvalue weighted by molar-refractivity contribution is -0.870. The van der Waals surface area contributed by atoms with E-state index >= 15 is 0 Å². The maximum Gasteiger partial charge on any atom is 0.472 e. The number of nitrogens with zero attached hydrogens (tertiary/aromatic N) is 1. The Kier molecular flexibility index (Phi) is 22.5. The second-order valence-electron chi connectivity index (χ2n) is 11.5. The van der Waals surface area contributed by atoms with Crippen LogP contribution in [0, 0.1) is 0 Å². The third-order valence-corrected chi connectivity index (χ3v) is 7.32. The maximum absolute atomic E-state index is 12.2. The highest BCUT2D eigenvalue weighted by Crippen LogP contribution is 2.43. The predicted molar refractivity (Wildman–Crippen MR) is 156 cm³/mol. The van der Waals surface area contributed by atoms with Gasteiger partial charge in [-0.1, -0.05) is 90.9 Å². The number of likely N-dealkylation sites (N-methyl/N-ethyl adjacent to an activating group) is 1. The minimum atomic E-state index is -4.43. The summed E-state index contributed by atoms with van der Waals surface area (Å²) in [6.45, 7) is 3.48. The number of hydrogen-bond donors (Lipinski definition) is 1. The molecule has 0 heterocycles. The minimum absolute atomic E-state index is 0.0118. The van der Waals surface area contributed by atoms with Crippen LogP contribution >= 0.6 is 7.82 Å². The van der Waals surface area contributed by atoms with Gasteiger partial charge in [0.05, 0.1) is 27.7 Å². The minimum Gasteiger partial charge on any atom is -0.462 e. The van der Waals surface area contributed by atoms with E-state index in [1.54, 1.807) is 6.92 Å². The van der Waals surface area contributed by atoms with E-state index in [1.165, 1.54) is 57.8 Å². The number of phosphoric acid groups is 1. The lowest BCUT2D eigenvalue weighted by Crippen LogP contribution is -2.37. The molecule has 10 nitrogen and oxygen atoms in total. The summed E-state index contributed by atoms with van der Waals surface area (Å²) in [5, 5.41) is 0.